The molecule has 0 fully saturated rings. The summed E-state index contributed by atoms with van der Waals surface area (Å²) >= 11 is 0. The van der Waals surface area contributed by atoms with Gasteiger partial charge in [0.25, 0.3) is 0 Å². The summed E-state index contributed by atoms with van der Waals surface area (Å²) in [6.45, 7) is -4.91. The average Bonchev–Trinajstić information content (AvgIpc) is 1.45. The molecule has 2 aromatic heterocycles. The van der Waals surface area contributed by atoms with Gasteiger partial charge in [0.1, 0.15) is 22.3 Å². The van der Waals surface area contributed by atoms with Gasteiger partial charge in [0.05, 0.1) is 76.8 Å². The van der Waals surface area contributed by atoms with E-state index in [9.17, 15) is 34.3 Å². The zero-order valence-electron chi connectivity index (χ0n) is 115. The van der Waals surface area contributed by atoms with E-state index in [1.807, 2.05) is 0 Å². The summed E-state index contributed by atoms with van der Waals surface area (Å²) in [5.41, 5.74) is -23.4. The molecule has 0 bridgehead atoms. The summed E-state index contributed by atoms with van der Waals surface area (Å²) in [7, 11) is 0. The van der Waals surface area contributed by atoms with Gasteiger partial charge in [-0.05, 0) is 230 Å². The van der Waals surface area contributed by atoms with Gasteiger partial charge in [-0.1, -0.05) is 312 Å². The average molecular weight is 1390 g/mol. The predicted molar refractivity (Wildman–Crippen MR) is 440 cm³/mol. The molecule has 2 heteroatoms. The minimum absolute atomic E-state index is 0.507. The maximum Gasteiger partial charge on any atom is 0.136 e. The number of rotatable bonds is 6. The molecule has 0 spiro atoms. The van der Waals surface area contributed by atoms with E-state index in [0.717, 1.165) is 13.8 Å². The molecule has 2 heterocycles. The van der Waals surface area contributed by atoms with Crippen molar-refractivity contribution in [3.05, 3.63) is 361 Å². The molecule has 20 aromatic rings. The molecular formula is C102H68O2. The fourth-order valence-corrected chi connectivity index (χ4v) is 14.0. The third-order valence-electron chi connectivity index (χ3n) is 18.5. The second kappa shape index (κ2) is 22.8. The molecule has 0 saturated carbocycles. The van der Waals surface area contributed by atoms with E-state index >= 15 is 0 Å². The topological polar surface area (TPSA) is 26.3 Å². The maximum absolute atomic E-state index is 10.2. The summed E-state index contributed by atoms with van der Waals surface area (Å²) in [5, 5.41) is -10.9. The van der Waals surface area contributed by atoms with Gasteiger partial charge in [0, 0.05) is 40.6 Å². The minimum Gasteiger partial charge on any atom is -0.456 e. The Morgan fingerprint density at radius 2 is 0.596 bits per heavy atom. The number of hydrogen-bond acceptors (Lipinski definition) is 2. The highest BCUT2D eigenvalue weighted by atomic mass is 16.3. The lowest BCUT2D eigenvalue weighted by Crippen LogP contribution is -2.16. The van der Waals surface area contributed by atoms with Crippen molar-refractivity contribution in [2.45, 2.75) is 38.4 Å². The van der Waals surface area contributed by atoms with Crippen molar-refractivity contribution in [3.8, 4) is 89.0 Å². The number of fused-ring (bicyclic) bond motifs is 18. The van der Waals surface area contributed by atoms with Gasteiger partial charge in [0.2, 0.25) is 0 Å². The van der Waals surface area contributed by atoms with Gasteiger partial charge >= 0.3 is 0 Å². The van der Waals surface area contributed by atoms with Crippen molar-refractivity contribution in [2.24, 2.45) is 0 Å². The minimum atomic E-state index is -3.49. The molecule has 2 unspecified atom stereocenters. The highest BCUT2D eigenvalue weighted by Crippen LogP contribution is 2.56. The molecule has 2 nitrogen and oxygen atoms in total. The van der Waals surface area contributed by atoms with Crippen LogP contribution in [-0.2, 0) is 10.8 Å². The molecule has 0 aliphatic heterocycles. The SMILES string of the molecule is [2H]c1c([2H])c(-c2c([2H])c([2H])c([2H])c3c2C(C)(C([2H])([2H])[2H])c2c([2H])c([2H])c([2H])c([2H])c2-3)c([2H])c(-c2c3c([2H])c([2H])c([2H])c([2H])c3c(-c3c([2H])c([2H])c([2H])c4oc5c([2H])c6c([2H])c([2H])c([2H])c([2H])c6c([2H])c5c34)c3c([2H])c([2H])c([2H])c([2H])c23)c1[2H].[2H]c1c([2H])c([2H])c(-c2c([2H])c([2H])c3c(c2[2H])C(C)(C([2H])([2H])[2H])c2c([2H])c(-c4c5c([2H])c([2H])c([2H])c([2H])c5c(-c5c([2H])c([2H])c([2H])c6oc7c([2H])c8c([2H])c([2H])c([2H])c([2H])c8c([2H])c7c56)c5c([2H])c([2H])c([2H])c([2H])c45)c([2H])c([2H])c2-3)c([2H])c1[2H]. The summed E-state index contributed by atoms with van der Waals surface area (Å²) < 4.78 is 579. The molecule has 488 valence electrons. The molecule has 18 aromatic carbocycles. The fourth-order valence-electron chi connectivity index (χ4n) is 14.0. The highest BCUT2D eigenvalue weighted by Gasteiger charge is 2.39. The van der Waals surface area contributed by atoms with Crippen LogP contribution in [0.1, 0.15) is 135 Å². The van der Waals surface area contributed by atoms with Crippen molar-refractivity contribution in [1.82, 2.24) is 0 Å². The van der Waals surface area contributed by atoms with Crippen molar-refractivity contribution in [2.75, 3.05) is 0 Å². The summed E-state index contributed by atoms with van der Waals surface area (Å²) in [4.78, 5) is 0. The van der Waals surface area contributed by atoms with Crippen LogP contribution < -0.4 is 0 Å². The van der Waals surface area contributed by atoms with Crippen LogP contribution in [0, 0.1) is 0 Å². The molecule has 22 rings (SSSR count). The van der Waals surface area contributed by atoms with Crippen LogP contribution in [0.2, 0.25) is 0 Å². The smallest absolute Gasteiger partial charge is 0.136 e. The van der Waals surface area contributed by atoms with Crippen molar-refractivity contribution in [1.29, 1.82) is 0 Å². The van der Waals surface area contributed by atoms with Crippen LogP contribution in [0.3, 0.4) is 0 Å². The zero-order valence-corrected chi connectivity index (χ0v) is 52.8. The van der Waals surface area contributed by atoms with Crippen molar-refractivity contribution >= 4 is 109 Å². The van der Waals surface area contributed by atoms with Crippen LogP contribution in [-0.4, -0.2) is 0 Å². The van der Waals surface area contributed by atoms with Crippen LogP contribution >= 0.6 is 0 Å². The van der Waals surface area contributed by atoms with Crippen LogP contribution in [0.15, 0.2) is 347 Å². The summed E-state index contributed by atoms with van der Waals surface area (Å²) in [6.07, 6.45) is 0. The fraction of sp³-hybridized carbons (Fsp3) is 0.0588. The zero-order chi connectivity index (χ0) is 123. The lowest BCUT2D eigenvalue weighted by molar-refractivity contribution is 0.661. The molecule has 2 atom stereocenters. The molecular weight excluding hydrogens is 1260 g/mol. The second-order valence-electron chi connectivity index (χ2n) is 24.3. The third kappa shape index (κ3) is 8.95. The standard InChI is InChI=1S/2C51H34O/c1-51(2)44-26-10-9-18-36(44)41-24-12-23-35(50(41)51)33-16-11-17-34(28-33)47-37-19-5-7-21-39(37)48(40-22-8-6-20-38(40)47)42-25-13-27-45-49(42)43-29-31-14-3-4-15-32(31)30-46(43)52-45;1-51(2)44-28-34(31-13-4-3-5-14-31)23-25-36(44)37-26-24-35(29-45(37)51)48-38-17-8-10-19-40(38)49(41-20-11-9-18-39(41)48)42-21-12-22-46-50(42)43-27-32-15-6-7-16-33(32)30-47(43)52-46/h2*3-30H,1-2H3/i2*1D3,3D,4D,5D,6D,7D,8D,9D,10D,11D,12D,13D,14D,15D,16D,17D,18D,19D,20D,21D,22D,23D,24D,25D,26D,27D,28D,29D,30D. The van der Waals surface area contributed by atoms with E-state index in [1.165, 1.54) is 0 Å². The Hall–Kier alpha value is -12.9. The Morgan fingerprint density at radius 3 is 1.12 bits per heavy atom. The molecule has 0 amide bonds. The van der Waals surface area contributed by atoms with Crippen molar-refractivity contribution < 1.29 is 93.8 Å². The first-order valence-corrected chi connectivity index (χ1v) is 31.3. The molecule has 2 aliphatic carbocycles. The van der Waals surface area contributed by atoms with Gasteiger partial charge in [-0.15, -0.1) is 0 Å². The first kappa shape index (κ1) is 24.7. The Bertz CT molecular complexity index is 10700. The Balaban J connectivity index is 0.000000189. The predicted octanol–water partition coefficient (Wildman–Crippen LogP) is 28.7. The molecule has 0 radical (unpaired) electrons. The normalized spacial score (nSPS) is 23.8. The monoisotopic (exact) mass is 1390 g/mol. The second-order valence-corrected chi connectivity index (χ2v) is 24.3. The number of hydrogen-bond donors (Lipinski definition) is 0. The first-order valence-electron chi connectivity index (χ1n) is 62.3. The Kier molecular flexibility index (Phi) is 5.42. The highest BCUT2D eigenvalue weighted by molar-refractivity contribution is 6.28. The van der Waals surface area contributed by atoms with Gasteiger partial charge in [0.15, 0.2) is 0 Å². The van der Waals surface area contributed by atoms with Crippen LogP contribution in [0.4, 0.5) is 0 Å². The summed E-state index contributed by atoms with van der Waals surface area (Å²) in [5.74, 6) is 0. The molecule has 2 aliphatic rings. The largest absolute Gasteiger partial charge is 0.456 e. The van der Waals surface area contributed by atoms with Gasteiger partial charge in [-0.25, -0.2) is 0 Å². The molecule has 0 saturated heterocycles. The van der Waals surface area contributed by atoms with E-state index < -0.39 is 583 Å². The van der Waals surface area contributed by atoms with E-state index in [2.05, 4.69) is 0 Å². The summed E-state index contributed by atoms with van der Waals surface area (Å²) in [6, 6.07) is -54.1. The Labute approximate surface area is 690 Å². The maximum atomic E-state index is 10.2. The first-order chi connectivity index (χ1) is 77.0. The lowest BCUT2D eigenvalue weighted by atomic mass is 9.78. The van der Waals surface area contributed by atoms with E-state index in [1.54, 1.807) is 0 Å². The molecule has 104 heavy (non-hydrogen) atoms. The molecule has 0 N–H and O–H groups in total. The van der Waals surface area contributed by atoms with Gasteiger partial charge in [-0.2, -0.15) is 0 Å². The van der Waals surface area contributed by atoms with E-state index in [0.29, 0.717) is 0 Å². The lowest BCUT2D eigenvalue weighted by Gasteiger charge is -2.25. The van der Waals surface area contributed by atoms with Crippen LogP contribution in [0.5, 0.6) is 0 Å². The number of furan rings is 2. The Morgan fingerprint density at radius 1 is 0.231 bits per heavy atom. The quantitative estimate of drug-likeness (QED) is 0.155. The van der Waals surface area contributed by atoms with Crippen molar-refractivity contribution in [3.63, 3.8) is 0 Å². The van der Waals surface area contributed by atoms with Crippen LogP contribution in [0.25, 0.3) is 198 Å². The van der Waals surface area contributed by atoms with E-state index in [4.69, 9.17) is 59.6 Å². The number of benzene rings is 18. The van der Waals surface area contributed by atoms with Gasteiger partial charge in [-0.3, -0.25) is 0 Å². The van der Waals surface area contributed by atoms with Gasteiger partial charge < -0.3 is 8.83 Å². The third-order valence-corrected chi connectivity index (χ3v) is 18.5. The van der Waals surface area contributed by atoms with E-state index in [-0.39, 0.29) is 0 Å².